The number of carbonyl (C=O) groups excluding carboxylic acids is 1. The van der Waals surface area contributed by atoms with Crippen LogP contribution < -0.4 is 10.9 Å². The fraction of sp³-hybridized carbons (Fsp3) is 0.321. The number of hydrogen-bond donors (Lipinski definition) is 5. The van der Waals surface area contributed by atoms with Gasteiger partial charge in [-0.2, -0.15) is 0 Å². The number of aliphatic hydroxyl groups excluding tert-OH is 2. The second-order valence-electron chi connectivity index (χ2n) is 9.13. The van der Waals surface area contributed by atoms with Gasteiger partial charge in [0.1, 0.15) is 6.61 Å². The highest BCUT2D eigenvalue weighted by atomic mass is 16.3. The van der Waals surface area contributed by atoms with Crippen molar-refractivity contribution in [3.8, 4) is 17.6 Å². The van der Waals surface area contributed by atoms with Crippen molar-refractivity contribution in [2.75, 3.05) is 26.3 Å². The number of likely N-dealkylation sites (tertiary alicyclic amines) is 1. The quantitative estimate of drug-likeness (QED) is 0.288. The third kappa shape index (κ3) is 7.05. The summed E-state index contributed by atoms with van der Waals surface area (Å²) in [5.74, 6) is 5.25. The zero-order valence-corrected chi connectivity index (χ0v) is 20.4. The molecular formula is C28H30N4O5. The predicted octanol–water partition coefficient (Wildman–Crippen LogP) is 0.877. The number of hydrogen-bond acceptors (Lipinski definition) is 7. The average Bonchev–Trinajstić information content (AvgIpc) is 3.35. The van der Waals surface area contributed by atoms with Gasteiger partial charge >= 0.3 is 0 Å². The Balaban J connectivity index is 1.33. The molecule has 37 heavy (non-hydrogen) atoms. The summed E-state index contributed by atoms with van der Waals surface area (Å²) in [5.41, 5.74) is 3.39. The largest absolute Gasteiger partial charge is 0.502 e. The van der Waals surface area contributed by atoms with Gasteiger partial charge in [0, 0.05) is 49.1 Å². The molecule has 0 bridgehead atoms. The molecule has 1 amide bonds. The number of nitrogens with one attached hydrogen (secondary N) is 2. The van der Waals surface area contributed by atoms with E-state index in [0.717, 1.165) is 42.7 Å². The summed E-state index contributed by atoms with van der Waals surface area (Å²) in [6.45, 7) is 1.82. The summed E-state index contributed by atoms with van der Waals surface area (Å²) >= 11 is 0. The second-order valence-corrected chi connectivity index (χ2v) is 9.13. The predicted molar refractivity (Wildman–Crippen MR) is 138 cm³/mol. The van der Waals surface area contributed by atoms with E-state index >= 15 is 0 Å². The molecule has 1 aliphatic rings. The number of benzene rings is 2. The lowest BCUT2D eigenvalue weighted by Gasteiger charge is -2.16. The molecule has 3 aromatic rings. The van der Waals surface area contributed by atoms with Gasteiger partial charge in [-0.25, -0.2) is 4.98 Å². The van der Waals surface area contributed by atoms with Gasteiger partial charge in [-0.15, -0.1) is 0 Å². The molecule has 192 valence electrons. The lowest BCUT2D eigenvalue weighted by molar-refractivity contribution is -0.124. The highest BCUT2D eigenvalue weighted by molar-refractivity contribution is 5.77. The standard InChI is InChI=1S/C28H30N4O5/c33-16-23(13-25-27(36)28(37)30-18-29-25)22-9-7-20(8-10-22)2-1-19-3-5-21(6-4-19)14-32-12-11-24(15-32)31-26(35)17-34/h3-10,18,23-24,33-34,36H,11-17H2,(H,31,35)(H,29,30,37)/t23?,24-/m1/s1. The second kappa shape index (κ2) is 12.3. The highest BCUT2D eigenvalue weighted by Gasteiger charge is 2.23. The van der Waals surface area contributed by atoms with E-state index in [9.17, 15) is 19.8 Å². The molecule has 0 saturated carbocycles. The lowest BCUT2D eigenvalue weighted by atomic mass is 9.94. The molecule has 1 unspecified atom stereocenters. The summed E-state index contributed by atoms with van der Waals surface area (Å²) in [7, 11) is 0. The Labute approximate surface area is 214 Å². The first-order valence-electron chi connectivity index (χ1n) is 12.1. The molecule has 1 saturated heterocycles. The van der Waals surface area contributed by atoms with Crippen LogP contribution in [0.4, 0.5) is 0 Å². The lowest BCUT2D eigenvalue weighted by Crippen LogP contribution is -2.38. The summed E-state index contributed by atoms with van der Waals surface area (Å²) in [4.78, 5) is 31.6. The van der Waals surface area contributed by atoms with Gasteiger partial charge in [0.15, 0.2) is 0 Å². The molecular weight excluding hydrogens is 472 g/mol. The van der Waals surface area contributed by atoms with Crippen LogP contribution in [-0.4, -0.2) is 68.4 Å². The first kappa shape index (κ1) is 26.1. The average molecular weight is 503 g/mol. The Morgan fingerprint density at radius 2 is 1.78 bits per heavy atom. The first-order chi connectivity index (χ1) is 17.9. The zero-order valence-electron chi connectivity index (χ0n) is 20.4. The molecule has 9 heteroatoms. The van der Waals surface area contributed by atoms with Crippen LogP contribution in [0.3, 0.4) is 0 Å². The van der Waals surface area contributed by atoms with E-state index < -0.39 is 17.9 Å². The number of carbonyl (C=O) groups is 1. The summed E-state index contributed by atoms with van der Waals surface area (Å²) in [6.07, 6.45) is 2.35. The van der Waals surface area contributed by atoms with Crippen LogP contribution in [0.1, 0.15) is 40.3 Å². The van der Waals surface area contributed by atoms with Crippen LogP contribution in [0.25, 0.3) is 0 Å². The number of rotatable bonds is 8. The maximum atomic E-state index is 11.6. The van der Waals surface area contributed by atoms with Crippen LogP contribution in [-0.2, 0) is 17.8 Å². The maximum absolute atomic E-state index is 11.6. The SMILES string of the molecule is O=C(CO)N[C@@H]1CCN(Cc2ccc(C#Cc3ccc(C(CO)Cc4nc[nH]c(=O)c4O)cc3)cc2)C1. The van der Waals surface area contributed by atoms with E-state index in [2.05, 4.69) is 44.2 Å². The molecule has 2 aromatic carbocycles. The molecule has 0 aliphatic carbocycles. The number of aromatic amines is 1. The number of aromatic hydroxyl groups is 1. The van der Waals surface area contributed by atoms with E-state index in [1.807, 2.05) is 36.4 Å². The maximum Gasteiger partial charge on any atom is 0.293 e. The highest BCUT2D eigenvalue weighted by Crippen LogP contribution is 2.23. The molecule has 5 N–H and O–H groups in total. The van der Waals surface area contributed by atoms with Gasteiger partial charge in [-0.05, 0) is 41.8 Å². The summed E-state index contributed by atoms with van der Waals surface area (Å²) < 4.78 is 0. The summed E-state index contributed by atoms with van der Waals surface area (Å²) in [6, 6.07) is 15.7. The van der Waals surface area contributed by atoms with Crippen molar-refractivity contribution < 1.29 is 20.1 Å². The normalized spacial score (nSPS) is 16.1. The van der Waals surface area contributed by atoms with E-state index in [1.54, 1.807) is 0 Å². The molecule has 1 fully saturated rings. The van der Waals surface area contributed by atoms with Crippen LogP contribution in [0.15, 0.2) is 59.7 Å². The van der Waals surface area contributed by atoms with Crippen LogP contribution in [0.5, 0.6) is 5.75 Å². The van der Waals surface area contributed by atoms with Crippen molar-refractivity contribution in [1.29, 1.82) is 0 Å². The number of aliphatic hydroxyl groups is 2. The van der Waals surface area contributed by atoms with Gasteiger partial charge < -0.3 is 25.6 Å². The third-order valence-electron chi connectivity index (χ3n) is 6.44. The van der Waals surface area contributed by atoms with Crippen molar-refractivity contribution in [3.05, 3.63) is 93.2 Å². The molecule has 0 radical (unpaired) electrons. The minimum atomic E-state index is -0.603. The number of H-pyrrole nitrogens is 1. The van der Waals surface area contributed by atoms with Gasteiger partial charge in [0.05, 0.1) is 18.6 Å². The Morgan fingerprint density at radius 1 is 1.11 bits per heavy atom. The third-order valence-corrected chi connectivity index (χ3v) is 6.44. The van der Waals surface area contributed by atoms with Crippen molar-refractivity contribution >= 4 is 5.91 Å². The van der Waals surface area contributed by atoms with Crippen molar-refractivity contribution in [2.24, 2.45) is 0 Å². The van der Waals surface area contributed by atoms with Crippen molar-refractivity contribution in [2.45, 2.75) is 31.3 Å². The number of amides is 1. The fourth-order valence-electron chi connectivity index (χ4n) is 4.40. The van der Waals surface area contributed by atoms with E-state index in [4.69, 9.17) is 5.11 Å². The Morgan fingerprint density at radius 3 is 2.43 bits per heavy atom. The molecule has 9 nitrogen and oxygen atoms in total. The Kier molecular flexibility index (Phi) is 8.69. The number of aromatic nitrogens is 2. The summed E-state index contributed by atoms with van der Waals surface area (Å²) in [5, 5.41) is 31.5. The molecule has 0 spiro atoms. The monoisotopic (exact) mass is 502 g/mol. The van der Waals surface area contributed by atoms with Crippen LogP contribution >= 0.6 is 0 Å². The van der Waals surface area contributed by atoms with Crippen molar-refractivity contribution in [3.63, 3.8) is 0 Å². The minimum Gasteiger partial charge on any atom is -0.502 e. The fourth-order valence-corrected chi connectivity index (χ4v) is 4.40. The van der Waals surface area contributed by atoms with Gasteiger partial charge in [-0.1, -0.05) is 36.1 Å². The molecule has 1 aliphatic heterocycles. The topological polar surface area (TPSA) is 139 Å². The van der Waals surface area contributed by atoms with Crippen LogP contribution in [0.2, 0.25) is 0 Å². The van der Waals surface area contributed by atoms with E-state index in [0.29, 0.717) is 0 Å². The number of nitrogens with zero attached hydrogens (tertiary/aromatic N) is 2. The van der Waals surface area contributed by atoms with Gasteiger partial charge in [0.25, 0.3) is 5.56 Å². The van der Waals surface area contributed by atoms with Crippen molar-refractivity contribution in [1.82, 2.24) is 20.2 Å². The molecule has 4 rings (SSSR count). The minimum absolute atomic E-state index is 0.0790. The smallest absolute Gasteiger partial charge is 0.293 e. The van der Waals surface area contributed by atoms with E-state index in [1.165, 1.54) is 11.9 Å². The molecule has 1 aromatic heterocycles. The zero-order chi connectivity index (χ0) is 26.2. The van der Waals surface area contributed by atoms with E-state index in [-0.39, 0.29) is 36.6 Å². The van der Waals surface area contributed by atoms with Crippen LogP contribution in [0, 0.1) is 11.8 Å². The van der Waals surface area contributed by atoms with Gasteiger partial charge in [-0.3, -0.25) is 14.5 Å². The Hall–Kier alpha value is -3.97. The Bertz CT molecular complexity index is 1330. The molecule has 2 heterocycles. The molecule has 2 atom stereocenters. The van der Waals surface area contributed by atoms with Gasteiger partial charge in [0.2, 0.25) is 11.7 Å². The first-order valence-corrected chi connectivity index (χ1v) is 12.1.